The first-order valence-electron chi connectivity index (χ1n) is 8.85. The summed E-state index contributed by atoms with van der Waals surface area (Å²) < 4.78 is 10.2. The molecule has 1 aromatic carbocycles. The number of esters is 2. The van der Waals surface area contributed by atoms with E-state index in [9.17, 15) is 9.59 Å². The SMILES string of the molecule is CCOC(=O)CC[Si](CC)(CCC(=O)OCC)c1ccc(C)cc1. The summed E-state index contributed by atoms with van der Waals surface area (Å²) in [6, 6.07) is 11.2. The topological polar surface area (TPSA) is 52.6 Å². The highest BCUT2D eigenvalue weighted by molar-refractivity contribution is 6.92. The molecule has 134 valence electrons. The molecule has 24 heavy (non-hydrogen) atoms. The molecule has 0 aliphatic carbocycles. The maximum absolute atomic E-state index is 11.8. The second-order valence-corrected chi connectivity index (χ2v) is 11.0. The number of carbonyl (C=O) groups excluding carboxylic acids is 2. The molecule has 1 aromatic rings. The second-order valence-electron chi connectivity index (χ2n) is 6.11. The van der Waals surface area contributed by atoms with Crippen LogP contribution in [-0.2, 0) is 19.1 Å². The standard InChI is InChI=1S/C19H30O4Si/c1-5-22-18(20)12-14-24(7-3,15-13-19(21)23-6-2)17-10-8-16(4)9-11-17/h8-11H,5-7,12-15H2,1-4H3. The van der Waals surface area contributed by atoms with E-state index in [1.807, 2.05) is 13.8 Å². The molecule has 1 rings (SSSR count). The van der Waals surface area contributed by atoms with Crippen LogP contribution >= 0.6 is 0 Å². The number of hydrogen-bond donors (Lipinski definition) is 0. The Bertz CT molecular complexity index is 503. The lowest BCUT2D eigenvalue weighted by atomic mass is 10.2. The molecule has 0 saturated heterocycles. The molecule has 0 aliphatic rings. The fourth-order valence-electron chi connectivity index (χ4n) is 3.03. The Balaban J connectivity index is 2.95. The van der Waals surface area contributed by atoms with Gasteiger partial charge in [-0.2, -0.15) is 0 Å². The van der Waals surface area contributed by atoms with Crippen LogP contribution in [0.25, 0.3) is 0 Å². The third-order valence-corrected chi connectivity index (χ3v) is 9.89. The molecular weight excluding hydrogens is 320 g/mol. The fraction of sp³-hybridized carbons (Fsp3) is 0.579. The van der Waals surface area contributed by atoms with E-state index in [0.717, 1.165) is 18.1 Å². The summed E-state index contributed by atoms with van der Waals surface area (Å²) >= 11 is 0. The Labute approximate surface area is 146 Å². The van der Waals surface area contributed by atoms with E-state index in [0.29, 0.717) is 26.1 Å². The summed E-state index contributed by atoms with van der Waals surface area (Å²) in [5.41, 5.74) is 1.22. The average Bonchev–Trinajstić information content (AvgIpc) is 2.57. The molecule has 0 spiro atoms. The monoisotopic (exact) mass is 350 g/mol. The zero-order valence-electron chi connectivity index (χ0n) is 15.4. The van der Waals surface area contributed by atoms with Gasteiger partial charge in [0.25, 0.3) is 0 Å². The maximum Gasteiger partial charge on any atom is 0.305 e. The molecular formula is C19H30O4Si. The predicted octanol–water partition coefficient (Wildman–Crippen LogP) is 3.58. The van der Waals surface area contributed by atoms with E-state index in [1.54, 1.807) is 0 Å². The molecule has 0 radical (unpaired) electrons. The Hall–Kier alpha value is -1.62. The van der Waals surface area contributed by atoms with Crippen molar-refractivity contribution < 1.29 is 19.1 Å². The molecule has 5 heteroatoms. The zero-order chi connectivity index (χ0) is 18.0. The summed E-state index contributed by atoms with van der Waals surface area (Å²) in [5, 5.41) is 1.31. The van der Waals surface area contributed by atoms with Gasteiger partial charge in [0.15, 0.2) is 0 Å². The molecule has 0 N–H and O–H groups in total. The lowest BCUT2D eigenvalue weighted by Gasteiger charge is -2.31. The summed E-state index contributed by atoms with van der Waals surface area (Å²) in [6.07, 6.45) is 0.842. The second kappa shape index (κ2) is 10.3. The van der Waals surface area contributed by atoms with Gasteiger partial charge in [0.1, 0.15) is 0 Å². The minimum absolute atomic E-state index is 0.147. The number of rotatable bonds is 10. The van der Waals surface area contributed by atoms with Crippen molar-refractivity contribution in [3.63, 3.8) is 0 Å². The third-order valence-electron chi connectivity index (χ3n) is 4.57. The van der Waals surface area contributed by atoms with Crippen molar-refractivity contribution in [2.75, 3.05) is 13.2 Å². The van der Waals surface area contributed by atoms with E-state index in [4.69, 9.17) is 9.47 Å². The third kappa shape index (κ3) is 6.11. The van der Waals surface area contributed by atoms with Crippen LogP contribution in [0.1, 0.15) is 39.2 Å². The minimum atomic E-state index is -1.95. The van der Waals surface area contributed by atoms with E-state index in [1.165, 1.54) is 10.8 Å². The highest BCUT2D eigenvalue weighted by Crippen LogP contribution is 2.25. The van der Waals surface area contributed by atoms with Crippen LogP contribution in [-0.4, -0.2) is 33.2 Å². The van der Waals surface area contributed by atoms with Gasteiger partial charge in [-0.15, -0.1) is 0 Å². The van der Waals surface area contributed by atoms with Crippen molar-refractivity contribution in [3.05, 3.63) is 29.8 Å². The lowest BCUT2D eigenvalue weighted by molar-refractivity contribution is -0.143. The van der Waals surface area contributed by atoms with Gasteiger partial charge in [0.2, 0.25) is 0 Å². The lowest BCUT2D eigenvalue weighted by Crippen LogP contribution is -2.47. The molecule has 0 atom stereocenters. The Morgan fingerprint density at radius 2 is 1.33 bits per heavy atom. The normalized spacial score (nSPS) is 11.2. The minimum Gasteiger partial charge on any atom is -0.466 e. The van der Waals surface area contributed by atoms with Crippen molar-refractivity contribution in [1.29, 1.82) is 0 Å². The number of ether oxygens (including phenoxy) is 2. The molecule has 4 nitrogen and oxygen atoms in total. The van der Waals surface area contributed by atoms with E-state index < -0.39 is 8.07 Å². The summed E-state index contributed by atoms with van der Waals surface area (Å²) in [6.45, 7) is 8.70. The molecule has 0 bridgehead atoms. The number of aryl methyl sites for hydroxylation is 1. The van der Waals surface area contributed by atoms with Crippen molar-refractivity contribution in [2.24, 2.45) is 0 Å². The van der Waals surface area contributed by atoms with Crippen LogP contribution in [0.4, 0.5) is 0 Å². The van der Waals surface area contributed by atoms with Gasteiger partial charge in [-0.3, -0.25) is 9.59 Å². The number of hydrogen-bond acceptors (Lipinski definition) is 4. The van der Waals surface area contributed by atoms with Gasteiger partial charge >= 0.3 is 11.9 Å². The molecule has 0 heterocycles. The molecule has 0 saturated carbocycles. The Morgan fingerprint density at radius 3 is 1.71 bits per heavy atom. The van der Waals surface area contributed by atoms with Gasteiger partial charge < -0.3 is 9.47 Å². The van der Waals surface area contributed by atoms with Gasteiger partial charge in [-0.05, 0) is 32.9 Å². The van der Waals surface area contributed by atoms with E-state index >= 15 is 0 Å². The summed E-state index contributed by atoms with van der Waals surface area (Å²) in [5.74, 6) is -0.294. The first-order chi connectivity index (χ1) is 11.5. The number of carbonyl (C=O) groups is 2. The Morgan fingerprint density at radius 1 is 0.875 bits per heavy atom. The zero-order valence-corrected chi connectivity index (χ0v) is 16.4. The van der Waals surface area contributed by atoms with Gasteiger partial charge in [-0.1, -0.05) is 48.0 Å². The summed E-state index contributed by atoms with van der Waals surface area (Å²) in [4.78, 5) is 23.7. The van der Waals surface area contributed by atoms with Crippen molar-refractivity contribution in [1.82, 2.24) is 0 Å². The first kappa shape index (κ1) is 20.4. The quantitative estimate of drug-likeness (QED) is 0.478. The molecule has 0 aromatic heterocycles. The predicted molar refractivity (Wildman–Crippen MR) is 99.2 cm³/mol. The van der Waals surface area contributed by atoms with Crippen LogP contribution in [0.3, 0.4) is 0 Å². The highest BCUT2D eigenvalue weighted by atomic mass is 28.3. The van der Waals surface area contributed by atoms with E-state index in [2.05, 4.69) is 38.1 Å². The van der Waals surface area contributed by atoms with Crippen LogP contribution in [0, 0.1) is 6.92 Å². The largest absolute Gasteiger partial charge is 0.466 e. The van der Waals surface area contributed by atoms with Crippen molar-refractivity contribution in [3.8, 4) is 0 Å². The first-order valence-corrected chi connectivity index (χ1v) is 11.5. The molecule has 0 amide bonds. The van der Waals surface area contributed by atoms with Crippen LogP contribution in [0.2, 0.25) is 18.1 Å². The average molecular weight is 351 g/mol. The van der Waals surface area contributed by atoms with E-state index in [-0.39, 0.29) is 11.9 Å². The molecule has 0 aliphatic heterocycles. The van der Waals surface area contributed by atoms with Crippen LogP contribution in [0.5, 0.6) is 0 Å². The molecule has 0 fully saturated rings. The van der Waals surface area contributed by atoms with Gasteiger partial charge in [-0.25, -0.2) is 0 Å². The maximum atomic E-state index is 11.8. The van der Waals surface area contributed by atoms with Crippen molar-refractivity contribution in [2.45, 2.75) is 58.7 Å². The smallest absolute Gasteiger partial charge is 0.305 e. The fourth-order valence-corrected chi connectivity index (χ4v) is 7.21. The van der Waals surface area contributed by atoms with Gasteiger partial charge in [0.05, 0.1) is 21.3 Å². The number of benzene rings is 1. The summed E-state index contributed by atoms with van der Waals surface area (Å²) in [7, 11) is -1.95. The van der Waals surface area contributed by atoms with Crippen LogP contribution < -0.4 is 5.19 Å². The van der Waals surface area contributed by atoms with Crippen LogP contribution in [0.15, 0.2) is 24.3 Å². The Kier molecular flexibility index (Phi) is 8.75. The molecule has 0 unspecified atom stereocenters. The van der Waals surface area contributed by atoms with Gasteiger partial charge in [0, 0.05) is 12.8 Å². The van der Waals surface area contributed by atoms with Crippen molar-refractivity contribution >= 4 is 25.2 Å². The highest BCUT2D eigenvalue weighted by Gasteiger charge is 2.34.